The van der Waals surface area contributed by atoms with Gasteiger partial charge in [0.1, 0.15) is 0 Å². The molecule has 14 heavy (non-hydrogen) atoms. The van der Waals surface area contributed by atoms with Crippen LogP contribution in [0.1, 0.15) is 35.6 Å². The summed E-state index contributed by atoms with van der Waals surface area (Å²) >= 11 is 1.88. The third kappa shape index (κ3) is 2.87. The summed E-state index contributed by atoms with van der Waals surface area (Å²) in [6.07, 6.45) is 8.25. The van der Waals surface area contributed by atoms with Crippen LogP contribution < -0.4 is 5.32 Å². The average molecular weight is 207 g/mol. The van der Waals surface area contributed by atoms with Gasteiger partial charge in [0.05, 0.1) is 0 Å². The molecule has 1 aromatic heterocycles. The van der Waals surface area contributed by atoms with Crippen molar-refractivity contribution in [2.24, 2.45) is 0 Å². The van der Waals surface area contributed by atoms with Gasteiger partial charge in [-0.05, 0) is 32.0 Å². The van der Waals surface area contributed by atoms with Crippen LogP contribution in [-0.4, -0.2) is 7.05 Å². The second kappa shape index (κ2) is 5.85. The maximum absolute atomic E-state index is 5.27. The summed E-state index contributed by atoms with van der Waals surface area (Å²) < 4.78 is 0. The minimum Gasteiger partial charge on any atom is -0.312 e. The van der Waals surface area contributed by atoms with Gasteiger partial charge in [0, 0.05) is 22.2 Å². The molecule has 0 saturated heterocycles. The second-order valence-electron chi connectivity index (χ2n) is 3.24. The van der Waals surface area contributed by atoms with Gasteiger partial charge in [0.2, 0.25) is 0 Å². The average Bonchev–Trinajstić information content (AvgIpc) is 2.68. The molecule has 1 nitrogen and oxygen atoms in total. The second-order valence-corrected chi connectivity index (χ2v) is 4.44. The molecule has 1 N–H and O–H groups in total. The maximum Gasteiger partial charge on any atom is 0.0421 e. The van der Waals surface area contributed by atoms with Crippen LogP contribution in [0.4, 0.5) is 0 Å². The van der Waals surface area contributed by atoms with Gasteiger partial charge in [-0.1, -0.05) is 6.92 Å². The molecule has 76 valence electrons. The lowest BCUT2D eigenvalue weighted by atomic mass is 10.1. The van der Waals surface area contributed by atoms with E-state index < -0.39 is 0 Å². The fourth-order valence-corrected chi connectivity index (χ4v) is 2.53. The normalized spacial score (nSPS) is 12.4. The molecule has 1 aromatic rings. The van der Waals surface area contributed by atoms with Crippen LogP contribution in [0.5, 0.6) is 0 Å². The molecular formula is C12H17NS. The summed E-state index contributed by atoms with van der Waals surface area (Å²) in [6, 6.07) is 4.85. The summed E-state index contributed by atoms with van der Waals surface area (Å²) in [5, 5.41) is 3.31. The molecule has 0 aliphatic carbocycles. The van der Waals surface area contributed by atoms with Crippen molar-refractivity contribution in [1.82, 2.24) is 5.32 Å². The van der Waals surface area contributed by atoms with Crippen molar-refractivity contribution >= 4 is 11.3 Å². The van der Waals surface area contributed by atoms with Crippen molar-refractivity contribution in [2.75, 3.05) is 7.05 Å². The Hall–Kier alpha value is -0.780. The Morgan fingerprint density at radius 1 is 1.57 bits per heavy atom. The van der Waals surface area contributed by atoms with Gasteiger partial charge >= 0.3 is 0 Å². The Morgan fingerprint density at radius 2 is 2.36 bits per heavy atom. The van der Waals surface area contributed by atoms with Crippen molar-refractivity contribution in [3.05, 3.63) is 21.9 Å². The zero-order valence-corrected chi connectivity index (χ0v) is 9.66. The van der Waals surface area contributed by atoms with E-state index in [0.717, 1.165) is 19.3 Å². The topological polar surface area (TPSA) is 12.0 Å². The fraction of sp³-hybridized carbons (Fsp3) is 0.500. The van der Waals surface area contributed by atoms with Crippen LogP contribution >= 0.6 is 11.3 Å². The predicted molar refractivity (Wildman–Crippen MR) is 63.6 cm³/mol. The lowest BCUT2D eigenvalue weighted by molar-refractivity contribution is 0.567. The van der Waals surface area contributed by atoms with Gasteiger partial charge in [0.15, 0.2) is 0 Å². The molecule has 2 heteroatoms. The first-order chi connectivity index (χ1) is 6.81. The van der Waals surface area contributed by atoms with E-state index in [4.69, 9.17) is 6.42 Å². The van der Waals surface area contributed by atoms with E-state index in [1.165, 1.54) is 9.75 Å². The first-order valence-corrected chi connectivity index (χ1v) is 5.82. The zero-order valence-electron chi connectivity index (χ0n) is 8.84. The SMILES string of the molecule is C#CCCC(NC)c1ccc(CC)s1. The van der Waals surface area contributed by atoms with Crippen LogP contribution in [0.15, 0.2) is 12.1 Å². The molecule has 0 spiro atoms. The van der Waals surface area contributed by atoms with Gasteiger partial charge < -0.3 is 5.32 Å². The number of rotatable bonds is 5. The maximum atomic E-state index is 5.27. The molecule has 0 aromatic carbocycles. The van der Waals surface area contributed by atoms with Crippen molar-refractivity contribution in [2.45, 2.75) is 32.2 Å². The van der Waals surface area contributed by atoms with E-state index in [-0.39, 0.29) is 0 Å². The van der Waals surface area contributed by atoms with Crippen molar-refractivity contribution in [3.8, 4) is 12.3 Å². The zero-order chi connectivity index (χ0) is 10.4. The number of aryl methyl sites for hydroxylation is 1. The molecule has 1 atom stereocenters. The van der Waals surface area contributed by atoms with E-state index in [1.54, 1.807) is 0 Å². The van der Waals surface area contributed by atoms with Crippen LogP contribution in [0.25, 0.3) is 0 Å². The number of thiophene rings is 1. The van der Waals surface area contributed by atoms with Crippen LogP contribution in [-0.2, 0) is 6.42 Å². The Morgan fingerprint density at radius 3 is 2.86 bits per heavy atom. The van der Waals surface area contributed by atoms with Crippen molar-refractivity contribution in [1.29, 1.82) is 0 Å². The molecule has 0 saturated carbocycles. The molecule has 0 amide bonds. The van der Waals surface area contributed by atoms with Gasteiger partial charge in [-0.2, -0.15) is 0 Å². The third-order valence-corrected chi connectivity index (χ3v) is 3.64. The first kappa shape index (κ1) is 11.3. The van der Waals surface area contributed by atoms with Crippen molar-refractivity contribution < 1.29 is 0 Å². The van der Waals surface area contributed by atoms with E-state index in [2.05, 4.69) is 30.3 Å². The molecule has 0 aliphatic rings. The first-order valence-electron chi connectivity index (χ1n) is 5.01. The molecule has 0 bridgehead atoms. The minimum absolute atomic E-state index is 0.427. The monoisotopic (exact) mass is 207 g/mol. The van der Waals surface area contributed by atoms with Crippen LogP contribution in [0.3, 0.4) is 0 Å². The number of nitrogens with one attached hydrogen (secondary N) is 1. The predicted octanol–water partition coefficient (Wildman–Crippen LogP) is 2.98. The lowest BCUT2D eigenvalue weighted by Crippen LogP contribution is -2.14. The highest BCUT2D eigenvalue weighted by Gasteiger charge is 2.10. The van der Waals surface area contributed by atoms with Crippen LogP contribution in [0, 0.1) is 12.3 Å². The summed E-state index contributed by atoms with van der Waals surface area (Å²) in [5.41, 5.74) is 0. The Balaban J connectivity index is 2.64. The van der Waals surface area contributed by atoms with Gasteiger partial charge in [0.25, 0.3) is 0 Å². The third-order valence-electron chi connectivity index (χ3n) is 2.30. The molecule has 0 radical (unpaired) electrons. The van der Waals surface area contributed by atoms with E-state index in [0.29, 0.717) is 6.04 Å². The summed E-state index contributed by atoms with van der Waals surface area (Å²) in [4.78, 5) is 2.85. The van der Waals surface area contributed by atoms with Crippen molar-refractivity contribution in [3.63, 3.8) is 0 Å². The number of hydrogen-bond acceptors (Lipinski definition) is 2. The van der Waals surface area contributed by atoms with Gasteiger partial charge in [-0.25, -0.2) is 0 Å². The lowest BCUT2D eigenvalue weighted by Gasteiger charge is -2.12. The van der Waals surface area contributed by atoms with Gasteiger partial charge in [-0.15, -0.1) is 23.7 Å². The quantitative estimate of drug-likeness (QED) is 0.732. The summed E-state index contributed by atoms with van der Waals surface area (Å²) in [5.74, 6) is 2.69. The number of terminal acetylenes is 1. The Labute approximate surface area is 90.5 Å². The highest BCUT2D eigenvalue weighted by Crippen LogP contribution is 2.26. The molecule has 1 heterocycles. The molecular weight excluding hydrogens is 190 g/mol. The highest BCUT2D eigenvalue weighted by atomic mass is 32.1. The van der Waals surface area contributed by atoms with Crippen LogP contribution in [0.2, 0.25) is 0 Å². The van der Waals surface area contributed by atoms with E-state index in [9.17, 15) is 0 Å². The molecule has 1 rings (SSSR count). The largest absolute Gasteiger partial charge is 0.312 e. The molecule has 1 unspecified atom stereocenters. The number of hydrogen-bond donors (Lipinski definition) is 1. The standard InChI is InChI=1S/C12H17NS/c1-4-6-7-11(13-3)12-9-8-10(5-2)14-12/h1,8-9,11,13H,5-7H2,2-3H3. The minimum atomic E-state index is 0.427. The van der Waals surface area contributed by atoms with E-state index >= 15 is 0 Å². The summed E-state index contributed by atoms with van der Waals surface area (Å²) in [7, 11) is 1.99. The highest BCUT2D eigenvalue weighted by molar-refractivity contribution is 7.12. The summed E-state index contributed by atoms with van der Waals surface area (Å²) in [6.45, 7) is 2.19. The smallest absolute Gasteiger partial charge is 0.0421 e. The molecule has 0 fully saturated rings. The van der Waals surface area contributed by atoms with E-state index in [1.807, 2.05) is 18.4 Å². The fourth-order valence-electron chi connectivity index (χ4n) is 1.43. The Bertz CT molecular complexity index is 308. The Kier molecular flexibility index (Phi) is 4.72. The molecule has 0 aliphatic heterocycles. The van der Waals surface area contributed by atoms with Gasteiger partial charge in [-0.3, -0.25) is 0 Å².